The van der Waals surface area contributed by atoms with Gasteiger partial charge in [0.2, 0.25) is 5.91 Å². The molecular weight excluding hydrogens is 381 g/mol. The summed E-state index contributed by atoms with van der Waals surface area (Å²) in [6.07, 6.45) is 1.99. The topological polar surface area (TPSA) is 58.4 Å². The number of unbranched alkanes of at least 4 members (excludes halogenated alkanes) is 1. The molecule has 0 spiro atoms. The second kappa shape index (κ2) is 13.4. The van der Waals surface area contributed by atoms with Crippen LogP contribution in [0.2, 0.25) is 0 Å². The summed E-state index contributed by atoms with van der Waals surface area (Å²) >= 11 is 0. The lowest BCUT2D eigenvalue weighted by molar-refractivity contribution is -0.125. The third kappa shape index (κ3) is 8.21. The highest BCUT2D eigenvalue weighted by atomic mass is 35.5. The van der Waals surface area contributed by atoms with Crippen molar-refractivity contribution in [2.45, 2.75) is 25.8 Å². The van der Waals surface area contributed by atoms with E-state index >= 15 is 0 Å². The van der Waals surface area contributed by atoms with Crippen LogP contribution in [0.4, 0.5) is 5.69 Å². The van der Waals surface area contributed by atoms with Gasteiger partial charge >= 0.3 is 0 Å². The van der Waals surface area contributed by atoms with E-state index in [1.165, 1.54) is 5.69 Å². The van der Waals surface area contributed by atoms with Gasteiger partial charge in [-0.05, 0) is 30.5 Å². The number of hydrogen-bond donors (Lipinski definition) is 2. The molecule has 4 nitrogen and oxygen atoms in total. The molecule has 6 heteroatoms. The largest absolute Gasteiger partial charge is 0.375 e. The van der Waals surface area contributed by atoms with Gasteiger partial charge in [-0.3, -0.25) is 4.79 Å². The molecule has 2 aromatic carbocycles. The van der Waals surface area contributed by atoms with E-state index in [0.717, 1.165) is 24.9 Å². The van der Waals surface area contributed by atoms with Crippen LogP contribution in [0.25, 0.3) is 0 Å². The van der Waals surface area contributed by atoms with E-state index in [9.17, 15) is 4.79 Å². The van der Waals surface area contributed by atoms with Crippen LogP contribution in [-0.4, -0.2) is 26.0 Å². The van der Waals surface area contributed by atoms with E-state index < -0.39 is 0 Å². The van der Waals surface area contributed by atoms with Gasteiger partial charge in [0.25, 0.3) is 0 Å². The van der Waals surface area contributed by atoms with Crippen molar-refractivity contribution < 1.29 is 4.79 Å². The molecule has 1 amide bonds. The van der Waals surface area contributed by atoms with E-state index in [-0.39, 0.29) is 42.7 Å². The van der Waals surface area contributed by atoms with Crippen LogP contribution >= 0.6 is 24.8 Å². The summed E-state index contributed by atoms with van der Waals surface area (Å²) in [5.74, 6) is -0.220. The fourth-order valence-corrected chi connectivity index (χ4v) is 2.79. The molecule has 3 N–H and O–H groups in total. The van der Waals surface area contributed by atoms with Gasteiger partial charge in [0.05, 0.1) is 5.92 Å². The lowest BCUT2D eigenvalue weighted by Crippen LogP contribution is -2.36. The minimum atomic E-state index is -0.273. The van der Waals surface area contributed by atoms with E-state index in [0.29, 0.717) is 6.54 Å². The number of rotatable bonds is 9. The smallest absolute Gasteiger partial charge is 0.224 e. The van der Waals surface area contributed by atoms with E-state index in [1.807, 2.05) is 55.5 Å². The van der Waals surface area contributed by atoms with Crippen LogP contribution in [0.1, 0.15) is 31.4 Å². The van der Waals surface area contributed by atoms with E-state index in [2.05, 4.69) is 29.4 Å². The number of nitrogens with one attached hydrogen (secondary N) is 1. The fraction of sp³-hybridized carbons (Fsp3) is 0.381. The second-order valence-corrected chi connectivity index (χ2v) is 6.48. The highest BCUT2D eigenvalue weighted by Gasteiger charge is 2.21. The molecule has 0 bridgehead atoms. The first-order chi connectivity index (χ1) is 12.1. The van der Waals surface area contributed by atoms with Crippen LogP contribution < -0.4 is 16.0 Å². The Balaban J connectivity index is 0.00000338. The maximum atomic E-state index is 12.3. The first-order valence-electron chi connectivity index (χ1n) is 8.94. The van der Waals surface area contributed by atoms with Crippen molar-refractivity contribution in [3.05, 3.63) is 66.2 Å². The molecule has 0 aliphatic heterocycles. The summed E-state index contributed by atoms with van der Waals surface area (Å²) in [5.41, 5.74) is 8.42. The predicted octanol–water partition coefficient (Wildman–Crippen LogP) is 4.20. The van der Waals surface area contributed by atoms with Gasteiger partial charge in [-0.15, -0.1) is 24.8 Å². The number of anilines is 1. The number of carbonyl (C=O) groups excluding carboxylic acids is 1. The minimum absolute atomic E-state index is 0. The summed E-state index contributed by atoms with van der Waals surface area (Å²) in [4.78, 5) is 14.5. The van der Waals surface area contributed by atoms with Gasteiger partial charge in [-0.1, -0.05) is 55.5 Å². The first kappa shape index (κ1) is 25.2. The van der Waals surface area contributed by atoms with Crippen LogP contribution in [-0.2, 0) is 4.79 Å². The van der Waals surface area contributed by atoms with Crippen molar-refractivity contribution in [3.63, 3.8) is 0 Å². The monoisotopic (exact) mass is 411 g/mol. The van der Waals surface area contributed by atoms with Crippen LogP contribution in [0.15, 0.2) is 60.7 Å². The number of benzene rings is 2. The number of para-hydroxylation sites is 1. The zero-order valence-electron chi connectivity index (χ0n) is 16.0. The first-order valence-corrected chi connectivity index (χ1v) is 8.94. The average Bonchev–Trinajstić information content (AvgIpc) is 2.67. The van der Waals surface area contributed by atoms with Gasteiger partial charge in [0, 0.05) is 31.9 Å². The molecule has 150 valence electrons. The molecular formula is C21H31Cl2N3O. The van der Waals surface area contributed by atoms with Crippen LogP contribution in [0.5, 0.6) is 0 Å². The number of hydrogen-bond acceptors (Lipinski definition) is 3. The highest BCUT2D eigenvalue weighted by molar-refractivity contribution is 5.85. The summed E-state index contributed by atoms with van der Waals surface area (Å²) in [6, 6.07) is 19.8. The lowest BCUT2D eigenvalue weighted by atomic mass is 9.94. The summed E-state index contributed by atoms with van der Waals surface area (Å²) in [6.45, 7) is 3.54. The molecule has 2 atom stereocenters. The molecule has 2 rings (SSSR count). The van der Waals surface area contributed by atoms with Crippen LogP contribution in [0, 0.1) is 5.92 Å². The number of nitrogens with zero attached hydrogens (tertiary/aromatic N) is 1. The quantitative estimate of drug-likeness (QED) is 0.607. The van der Waals surface area contributed by atoms with Crippen molar-refractivity contribution in [1.29, 1.82) is 0 Å². The molecule has 0 heterocycles. The number of nitrogens with two attached hydrogens (primary N) is 1. The number of amides is 1. The molecule has 0 aliphatic rings. The predicted molar refractivity (Wildman–Crippen MR) is 119 cm³/mol. The third-order valence-electron chi connectivity index (χ3n) is 4.55. The number of carbonyl (C=O) groups is 1. The number of halogens is 2. The second-order valence-electron chi connectivity index (χ2n) is 6.48. The van der Waals surface area contributed by atoms with Crippen molar-refractivity contribution in [3.8, 4) is 0 Å². The summed E-state index contributed by atoms with van der Waals surface area (Å²) in [5, 5.41) is 3.01. The molecule has 0 aromatic heterocycles. The molecule has 0 saturated carbocycles. The molecule has 0 aliphatic carbocycles. The van der Waals surface area contributed by atoms with Crippen molar-refractivity contribution in [2.75, 3.05) is 25.0 Å². The lowest BCUT2D eigenvalue weighted by Gasteiger charge is -2.21. The van der Waals surface area contributed by atoms with Crippen molar-refractivity contribution >= 4 is 36.4 Å². The SMILES string of the molecule is CC(C(=O)NCCCCN(C)c1ccccc1)C(N)c1ccccc1.Cl.Cl. The molecule has 0 fully saturated rings. The molecule has 0 radical (unpaired) electrons. The maximum Gasteiger partial charge on any atom is 0.224 e. The zero-order chi connectivity index (χ0) is 18.1. The Kier molecular flexibility index (Phi) is 12.6. The zero-order valence-corrected chi connectivity index (χ0v) is 17.6. The Morgan fingerprint density at radius 2 is 1.56 bits per heavy atom. The Morgan fingerprint density at radius 3 is 2.15 bits per heavy atom. The van der Waals surface area contributed by atoms with Crippen LogP contribution in [0.3, 0.4) is 0 Å². The Labute approximate surface area is 175 Å². The molecule has 2 unspecified atom stereocenters. The summed E-state index contributed by atoms with van der Waals surface area (Å²) in [7, 11) is 2.09. The Morgan fingerprint density at radius 1 is 1.00 bits per heavy atom. The Hall–Kier alpha value is -1.75. The van der Waals surface area contributed by atoms with E-state index in [1.54, 1.807) is 0 Å². The average molecular weight is 412 g/mol. The molecule has 2 aromatic rings. The Bertz CT molecular complexity index is 640. The fourth-order valence-electron chi connectivity index (χ4n) is 2.79. The van der Waals surface area contributed by atoms with Gasteiger partial charge in [-0.25, -0.2) is 0 Å². The standard InChI is InChI=1S/C21H29N3O.2ClH/c1-17(20(22)18-11-5-3-6-12-18)21(25)23-15-9-10-16-24(2)19-13-7-4-8-14-19;;/h3-8,11-14,17,20H,9-10,15-16,22H2,1-2H3,(H,23,25);2*1H. The highest BCUT2D eigenvalue weighted by Crippen LogP contribution is 2.19. The molecule has 27 heavy (non-hydrogen) atoms. The third-order valence-corrected chi connectivity index (χ3v) is 4.55. The summed E-state index contributed by atoms with van der Waals surface area (Å²) < 4.78 is 0. The normalized spacial score (nSPS) is 12.1. The van der Waals surface area contributed by atoms with Gasteiger partial charge < -0.3 is 16.0 Å². The minimum Gasteiger partial charge on any atom is -0.375 e. The molecule has 0 saturated heterocycles. The van der Waals surface area contributed by atoms with Crippen molar-refractivity contribution in [1.82, 2.24) is 5.32 Å². The van der Waals surface area contributed by atoms with Gasteiger partial charge in [-0.2, -0.15) is 0 Å². The maximum absolute atomic E-state index is 12.3. The van der Waals surface area contributed by atoms with Crippen molar-refractivity contribution in [2.24, 2.45) is 11.7 Å². The van der Waals surface area contributed by atoms with E-state index in [4.69, 9.17) is 5.73 Å². The van der Waals surface area contributed by atoms with Gasteiger partial charge in [0.1, 0.15) is 0 Å². The van der Waals surface area contributed by atoms with Gasteiger partial charge in [0.15, 0.2) is 0 Å².